The second kappa shape index (κ2) is 27.2. The monoisotopic (exact) mass is 1570 g/mol. The lowest BCUT2D eigenvalue weighted by Crippen LogP contribution is -2.61. The highest BCUT2D eigenvalue weighted by atomic mass is 15.2. The van der Waals surface area contributed by atoms with E-state index in [2.05, 4.69) is 459 Å². The zero-order chi connectivity index (χ0) is 85.3. The van der Waals surface area contributed by atoms with Crippen LogP contribution in [0, 0.1) is 0 Å². The molecule has 0 atom stereocenters. The smallest absolute Gasteiger partial charge is 0.252 e. The average Bonchev–Trinajstić information content (AvgIpc) is 0.788. The zero-order valence-electron chi connectivity index (χ0n) is 76.5. The maximum atomic E-state index is 2.76. The molecule has 16 aromatic rings. The minimum absolute atomic E-state index is 0.0631. The van der Waals surface area contributed by atoms with E-state index >= 15 is 0 Å². The van der Waals surface area contributed by atoms with Crippen LogP contribution in [-0.2, 0) is 48.7 Å². The van der Waals surface area contributed by atoms with E-state index in [4.69, 9.17) is 0 Å². The van der Waals surface area contributed by atoms with E-state index in [0.29, 0.717) is 0 Å². The average molecular weight is 1570 g/mol. The molecule has 2 aliphatic rings. The molecule has 120 heavy (non-hydrogen) atoms. The maximum Gasteiger partial charge on any atom is 0.252 e. The highest BCUT2D eigenvalue weighted by Gasteiger charge is 2.46. The summed E-state index contributed by atoms with van der Waals surface area (Å²) in [7, 11) is 0. The molecular formula is C114H122BN5. The van der Waals surface area contributed by atoms with E-state index in [0.717, 1.165) is 45.3 Å². The van der Waals surface area contributed by atoms with Gasteiger partial charge in [-0.1, -0.05) is 320 Å². The quantitative estimate of drug-likeness (QED) is 0.148. The Bertz CT molecular complexity index is 6760. The summed E-state index contributed by atoms with van der Waals surface area (Å²) in [6, 6.07) is 99.1. The number of para-hydroxylation sites is 3. The first kappa shape index (κ1) is 80.0. The van der Waals surface area contributed by atoms with Gasteiger partial charge < -0.3 is 23.5 Å². The Labute approximate surface area is 715 Å². The Balaban J connectivity index is 1.02. The summed E-state index contributed by atoms with van der Waals surface area (Å²) in [6.45, 7) is 64.0. The van der Waals surface area contributed by atoms with E-state index in [-0.39, 0.29) is 55.4 Å². The van der Waals surface area contributed by atoms with Crippen molar-refractivity contribution in [1.82, 2.24) is 13.7 Å². The molecule has 0 N–H and O–H groups in total. The fourth-order valence-corrected chi connectivity index (χ4v) is 19.2. The number of nitrogens with zero attached hydrogens (tertiary/aromatic N) is 5. The summed E-state index contributed by atoms with van der Waals surface area (Å²) in [4.78, 5) is 5.52. The summed E-state index contributed by atoms with van der Waals surface area (Å²) < 4.78 is 7.68. The van der Waals surface area contributed by atoms with Crippen molar-refractivity contribution < 1.29 is 0 Å². The van der Waals surface area contributed by atoms with Crippen LogP contribution in [0.3, 0.4) is 0 Å². The third kappa shape index (κ3) is 13.3. The highest BCUT2D eigenvalue weighted by molar-refractivity contribution is 7.00. The van der Waals surface area contributed by atoms with Crippen molar-refractivity contribution in [3.63, 3.8) is 0 Å². The topological polar surface area (TPSA) is 21.3 Å². The first-order valence-corrected chi connectivity index (χ1v) is 44.0. The van der Waals surface area contributed by atoms with Gasteiger partial charge in [-0.25, -0.2) is 0 Å². The van der Waals surface area contributed by atoms with Gasteiger partial charge in [0.1, 0.15) is 0 Å². The van der Waals surface area contributed by atoms with Crippen molar-refractivity contribution in [2.45, 2.75) is 236 Å². The first-order valence-electron chi connectivity index (χ1n) is 44.0. The minimum atomic E-state index is -0.334. The Morgan fingerprint density at radius 3 is 0.975 bits per heavy atom. The van der Waals surface area contributed by atoms with Gasteiger partial charge in [0, 0.05) is 83.3 Å². The molecule has 0 bridgehead atoms. The molecule has 5 nitrogen and oxygen atoms in total. The molecule has 0 amide bonds. The van der Waals surface area contributed by atoms with E-state index in [1.54, 1.807) is 0 Å². The lowest BCUT2D eigenvalue weighted by Gasteiger charge is -2.46. The molecule has 0 fully saturated rings. The summed E-state index contributed by atoms with van der Waals surface area (Å²) in [5, 5.41) is 7.44. The lowest BCUT2D eigenvalue weighted by molar-refractivity contribution is 0.568. The van der Waals surface area contributed by atoms with Gasteiger partial charge in [-0.15, -0.1) is 0 Å². The molecule has 0 aliphatic carbocycles. The molecule has 0 radical (unpaired) electrons. The summed E-state index contributed by atoms with van der Waals surface area (Å²) in [6.07, 6.45) is 0. The third-order valence-corrected chi connectivity index (χ3v) is 26.6. The fraction of sp³-hybridized carbons (Fsp3) is 0.316. The van der Waals surface area contributed by atoms with Crippen molar-refractivity contribution in [1.29, 1.82) is 0 Å². The zero-order valence-corrected chi connectivity index (χ0v) is 76.5. The van der Waals surface area contributed by atoms with Crippen LogP contribution in [0.2, 0.25) is 0 Å². The van der Waals surface area contributed by atoms with Gasteiger partial charge in [0.05, 0.1) is 44.5 Å². The predicted molar refractivity (Wildman–Crippen MR) is 523 cm³/mol. The van der Waals surface area contributed by atoms with Crippen molar-refractivity contribution in [2.24, 2.45) is 0 Å². The first-order chi connectivity index (χ1) is 56.2. The third-order valence-electron chi connectivity index (χ3n) is 26.6. The Morgan fingerprint density at radius 1 is 0.208 bits per heavy atom. The second-order valence-corrected chi connectivity index (χ2v) is 44.5. The normalized spacial score (nSPS) is 13.9. The largest absolute Gasteiger partial charge is 0.311 e. The van der Waals surface area contributed by atoms with E-state index in [1.807, 2.05) is 0 Å². The molecule has 18 rings (SSSR count). The predicted octanol–water partition coefficient (Wildman–Crippen LogP) is 30.1. The second-order valence-electron chi connectivity index (χ2n) is 44.5. The van der Waals surface area contributed by atoms with E-state index in [1.165, 1.54) is 160 Å². The lowest BCUT2D eigenvalue weighted by atomic mass is 9.33. The van der Waals surface area contributed by atoms with Crippen molar-refractivity contribution in [3.05, 3.63) is 299 Å². The maximum absolute atomic E-state index is 2.76. The Morgan fingerprint density at radius 2 is 0.550 bits per heavy atom. The molecule has 0 saturated heterocycles. The van der Waals surface area contributed by atoms with Crippen LogP contribution < -0.4 is 26.2 Å². The van der Waals surface area contributed by atoms with E-state index in [9.17, 15) is 0 Å². The number of benzene rings is 13. The molecule has 2 aliphatic heterocycles. The van der Waals surface area contributed by atoms with Crippen LogP contribution in [-0.4, -0.2) is 20.4 Å². The molecule has 0 unspecified atom stereocenters. The van der Waals surface area contributed by atoms with Gasteiger partial charge in [0.25, 0.3) is 6.71 Å². The van der Waals surface area contributed by atoms with Gasteiger partial charge in [0.2, 0.25) is 0 Å². The van der Waals surface area contributed by atoms with Crippen LogP contribution >= 0.6 is 0 Å². The number of aromatic nitrogens is 3. The van der Waals surface area contributed by atoms with Crippen molar-refractivity contribution in [2.75, 3.05) is 9.80 Å². The van der Waals surface area contributed by atoms with Gasteiger partial charge >= 0.3 is 0 Å². The SMILES string of the molecule is CC(C)(C)c1cc(-c2cc(C(C)(C)C)ccc2N2c3cc(-n4c5ccc(C(C)(C)C)cc5c5cc(C(C)(C)C)ccc54)ccc3B3c4ccc(-n5c6ccccc6c6ccc7c(c8ccccc8n7-c7ccccc7)c65)cc4N(c4ccc(C(C)(C)C)cc4-c4cc(C(C)(C)C)cc(C(C)(C)C)c4)c4cc(C(C)(C)C)cc2c43)cc(C(C)(C)C)c1. The standard InChI is InChI=1S/C114H122BN5/c1-106(2,3)71-41-50-94(86(61-71)69-55-75(110(13,14)15)59-76(56-69)111(16,17)18)119-99-67-81(117-96-52-43-73(108(7,8)9)63-88(96)89-64-74(109(10,11)12)44-53-97(89)117)45-48-90(99)115-91-49-46-82(118-92-39-33-31-37-83(92)84-47-54-98-103(105(84)118)85-38-32-34-40-93(85)116(98)80-35-29-28-30-36-80)68-100(91)120(102-66-79(114(25,26)27)65-101(119)104(102)115)95-51-42-72(107(4,5)6)62-87(95)70-57-77(112(19,20)21)60-78(58-70)113(22,23)24/h28-68H,1-27H3. The number of anilines is 6. The number of rotatable bonds is 7. The Kier molecular flexibility index (Phi) is 18.1. The van der Waals surface area contributed by atoms with Crippen LogP contribution in [0.5, 0.6) is 0 Å². The molecule has 5 heterocycles. The van der Waals surface area contributed by atoms with Gasteiger partial charge in [-0.2, -0.15) is 0 Å². The molecule has 13 aromatic carbocycles. The van der Waals surface area contributed by atoms with Gasteiger partial charge in [0.15, 0.2) is 0 Å². The molecule has 6 heteroatoms. The fourth-order valence-electron chi connectivity index (χ4n) is 19.2. The van der Waals surface area contributed by atoms with E-state index < -0.39 is 0 Å². The Hall–Kier alpha value is -11.1. The van der Waals surface area contributed by atoms with Crippen LogP contribution in [0.25, 0.3) is 105 Å². The molecule has 606 valence electrons. The summed E-state index contributed by atoms with van der Waals surface area (Å²) in [5.74, 6) is 0. The van der Waals surface area contributed by atoms with Gasteiger partial charge in [-0.3, -0.25) is 0 Å². The molecule has 3 aromatic heterocycles. The molecule has 0 saturated carbocycles. The number of fused-ring (bicyclic) bond motifs is 14. The van der Waals surface area contributed by atoms with Crippen LogP contribution in [0.15, 0.2) is 249 Å². The highest BCUT2D eigenvalue weighted by Crippen LogP contribution is 2.54. The molecule has 0 spiro atoms. The van der Waals surface area contributed by atoms with Crippen molar-refractivity contribution >= 4 is 123 Å². The molecular weight excluding hydrogens is 1450 g/mol. The van der Waals surface area contributed by atoms with Crippen molar-refractivity contribution in [3.8, 4) is 39.3 Å². The summed E-state index contributed by atoms with van der Waals surface area (Å²) in [5.41, 5.74) is 36.5. The number of hydrogen-bond donors (Lipinski definition) is 0. The summed E-state index contributed by atoms with van der Waals surface area (Å²) >= 11 is 0. The van der Waals surface area contributed by atoms with Gasteiger partial charge in [-0.05, 0) is 242 Å². The minimum Gasteiger partial charge on any atom is -0.311 e. The van der Waals surface area contributed by atoms with Crippen LogP contribution in [0.4, 0.5) is 34.1 Å². The number of hydrogen-bond acceptors (Lipinski definition) is 2. The van der Waals surface area contributed by atoms with Crippen LogP contribution in [0.1, 0.15) is 237 Å².